The summed E-state index contributed by atoms with van der Waals surface area (Å²) in [5, 5.41) is 9.13. The highest BCUT2D eigenvalue weighted by Crippen LogP contribution is 2.03. The highest BCUT2D eigenvalue weighted by Gasteiger charge is 2.13. The van der Waals surface area contributed by atoms with Gasteiger partial charge in [-0.1, -0.05) is 18.2 Å². The second kappa shape index (κ2) is 4.46. The minimum absolute atomic E-state index is 0.0952. The first-order chi connectivity index (χ1) is 6.84. The summed E-state index contributed by atoms with van der Waals surface area (Å²) < 4.78 is 2.73. The molecule has 2 heteroatoms. The fourth-order valence-corrected chi connectivity index (χ4v) is 3.32. The lowest BCUT2D eigenvalue weighted by atomic mass is 10.3. The molecule has 0 radical (unpaired) electrons. The van der Waals surface area contributed by atoms with E-state index in [4.69, 9.17) is 5.11 Å². The summed E-state index contributed by atoms with van der Waals surface area (Å²) in [5.74, 6) is 0.339. The summed E-state index contributed by atoms with van der Waals surface area (Å²) in [6.45, 7) is 0. The Morgan fingerprint density at radius 2 is 1.29 bits per heavy atom. The van der Waals surface area contributed by atoms with E-state index in [1.807, 2.05) is 18.2 Å². The van der Waals surface area contributed by atoms with Crippen LogP contribution in [0, 0.1) is 7.14 Å². The first-order valence-electron chi connectivity index (χ1n) is 4.33. The first kappa shape index (κ1) is 9.52. The van der Waals surface area contributed by atoms with Gasteiger partial charge in [-0.25, -0.2) is 0 Å². The van der Waals surface area contributed by atoms with Crippen LogP contribution in [0.15, 0.2) is 54.6 Å². The van der Waals surface area contributed by atoms with Crippen molar-refractivity contribution in [3.8, 4) is 5.75 Å². The molecule has 0 fully saturated rings. The molecule has 14 heavy (non-hydrogen) atoms. The first-order valence-corrected chi connectivity index (χ1v) is 6.49. The summed E-state index contributed by atoms with van der Waals surface area (Å²) in [6, 6.07) is 18.0. The molecule has 1 N–H and O–H groups in total. The molecule has 0 aliphatic carbocycles. The lowest BCUT2D eigenvalue weighted by Gasteiger charge is -1.88. The average Bonchev–Trinajstić information content (AvgIpc) is 2.23. The van der Waals surface area contributed by atoms with Crippen LogP contribution in [0.25, 0.3) is 0 Å². The van der Waals surface area contributed by atoms with Crippen LogP contribution in [-0.4, -0.2) is 5.11 Å². The van der Waals surface area contributed by atoms with Gasteiger partial charge in [0.25, 0.3) is 0 Å². The van der Waals surface area contributed by atoms with Crippen LogP contribution < -0.4 is 21.2 Å². The molecular formula is C12H10IO+. The number of aromatic hydroxyl groups is 1. The zero-order valence-corrected chi connectivity index (χ0v) is 9.68. The Bertz CT molecular complexity index is 394. The molecule has 2 aromatic carbocycles. The van der Waals surface area contributed by atoms with Crippen LogP contribution >= 0.6 is 0 Å². The number of hydrogen-bond acceptors (Lipinski definition) is 1. The van der Waals surface area contributed by atoms with Crippen LogP contribution in [0.1, 0.15) is 0 Å². The van der Waals surface area contributed by atoms with E-state index in [2.05, 4.69) is 24.3 Å². The van der Waals surface area contributed by atoms with Crippen molar-refractivity contribution in [2.75, 3.05) is 0 Å². The van der Waals surface area contributed by atoms with Crippen LogP contribution in [0.5, 0.6) is 5.75 Å². The van der Waals surface area contributed by atoms with Crippen molar-refractivity contribution in [2.24, 2.45) is 0 Å². The van der Waals surface area contributed by atoms with Gasteiger partial charge in [0.2, 0.25) is 0 Å². The molecule has 2 aromatic rings. The van der Waals surface area contributed by atoms with E-state index >= 15 is 0 Å². The Balaban J connectivity index is 2.16. The second-order valence-electron chi connectivity index (χ2n) is 2.87. The Kier molecular flexibility index (Phi) is 3.03. The van der Waals surface area contributed by atoms with E-state index in [0.29, 0.717) is 5.75 Å². The van der Waals surface area contributed by atoms with Crippen LogP contribution in [0.2, 0.25) is 0 Å². The minimum Gasteiger partial charge on any atom is -0.508 e. The number of rotatable bonds is 2. The van der Waals surface area contributed by atoms with Gasteiger partial charge < -0.3 is 5.11 Å². The quantitative estimate of drug-likeness (QED) is 0.743. The summed E-state index contributed by atoms with van der Waals surface area (Å²) in [7, 11) is 0. The van der Waals surface area contributed by atoms with Gasteiger partial charge in [-0.2, -0.15) is 0 Å². The van der Waals surface area contributed by atoms with Gasteiger partial charge in [-0.3, -0.25) is 0 Å². The van der Waals surface area contributed by atoms with Crippen molar-refractivity contribution in [1.82, 2.24) is 0 Å². The topological polar surface area (TPSA) is 20.2 Å². The van der Waals surface area contributed by atoms with Gasteiger partial charge in [0.05, 0.1) is 0 Å². The predicted octanol–water partition coefficient (Wildman–Crippen LogP) is -0.479. The van der Waals surface area contributed by atoms with E-state index in [9.17, 15) is 0 Å². The maximum Gasteiger partial charge on any atom is 0.357 e. The van der Waals surface area contributed by atoms with E-state index in [0.717, 1.165) is 0 Å². The fraction of sp³-hybridized carbons (Fsp3) is 0. The molecule has 0 heterocycles. The molecule has 0 amide bonds. The molecule has 1 nitrogen and oxygen atoms in total. The minimum atomic E-state index is -0.0952. The van der Waals surface area contributed by atoms with Gasteiger partial charge in [0, 0.05) is 0 Å². The van der Waals surface area contributed by atoms with Crippen molar-refractivity contribution in [1.29, 1.82) is 0 Å². The van der Waals surface area contributed by atoms with Gasteiger partial charge in [-0.05, 0) is 36.4 Å². The summed E-state index contributed by atoms with van der Waals surface area (Å²) in [5.41, 5.74) is 0. The molecular weight excluding hydrogens is 287 g/mol. The van der Waals surface area contributed by atoms with E-state index < -0.39 is 0 Å². The Morgan fingerprint density at radius 1 is 0.714 bits per heavy atom. The normalized spacial score (nSPS) is 10.0. The monoisotopic (exact) mass is 297 g/mol. The zero-order valence-electron chi connectivity index (χ0n) is 7.52. The van der Waals surface area contributed by atoms with E-state index in [1.165, 1.54) is 7.14 Å². The smallest absolute Gasteiger partial charge is 0.357 e. The molecule has 0 bridgehead atoms. The maximum absolute atomic E-state index is 9.13. The second-order valence-corrected chi connectivity index (χ2v) is 5.90. The van der Waals surface area contributed by atoms with Crippen molar-refractivity contribution >= 4 is 0 Å². The average molecular weight is 297 g/mol. The Labute approximate surface area is 93.7 Å². The third-order valence-corrected chi connectivity index (χ3v) is 4.46. The van der Waals surface area contributed by atoms with Gasteiger partial charge in [0.15, 0.2) is 7.14 Å². The SMILES string of the molecule is Oc1ccc([I+]c2ccccc2)cc1. The van der Waals surface area contributed by atoms with Crippen LogP contribution in [-0.2, 0) is 0 Å². The molecule has 0 aliphatic heterocycles. The number of phenolic OH excluding ortho intramolecular Hbond substituents is 1. The molecule has 2 rings (SSSR count). The van der Waals surface area contributed by atoms with Crippen molar-refractivity contribution in [3.05, 3.63) is 61.7 Å². The van der Waals surface area contributed by atoms with Gasteiger partial charge in [-0.15, -0.1) is 0 Å². The lowest BCUT2D eigenvalue weighted by Crippen LogP contribution is -3.61. The zero-order chi connectivity index (χ0) is 9.80. The van der Waals surface area contributed by atoms with Crippen molar-refractivity contribution in [3.63, 3.8) is 0 Å². The van der Waals surface area contributed by atoms with E-state index in [1.54, 1.807) is 12.1 Å². The maximum atomic E-state index is 9.13. The number of phenols is 1. The third-order valence-electron chi connectivity index (χ3n) is 1.78. The molecule has 0 aliphatic rings. The fourth-order valence-electron chi connectivity index (χ4n) is 1.11. The largest absolute Gasteiger partial charge is 0.508 e. The van der Waals surface area contributed by atoms with Gasteiger partial charge in [0.1, 0.15) is 5.75 Å². The van der Waals surface area contributed by atoms with Gasteiger partial charge >= 0.3 is 21.2 Å². The number of benzene rings is 2. The number of halogens is 1. The highest BCUT2D eigenvalue weighted by atomic mass is 127. The van der Waals surface area contributed by atoms with Crippen molar-refractivity contribution in [2.45, 2.75) is 0 Å². The molecule has 0 unspecified atom stereocenters. The van der Waals surface area contributed by atoms with E-state index in [-0.39, 0.29) is 21.2 Å². The molecule has 70 valence electrons. The Morgan fingerprint density at radius 3 is 1.93 bits per heavy atom. The highest BCUT2D eigenvalue weighted by molar-refractivity contribution is 5.18. The molecule has 0 saturated heterocycles. The van der Waals surface area contributed by atoms with Crippen LogP contribution in [0.3, 0.4) is 0 Å². The molecule has 0 atom stereocenters. The standard InChI is InChI=1S/C12H9IO/c14-12-8-6-11(7-9-12)13-10-4-2-1-3-5-10/h1-9H/p+1. The molecule has 0 saturated carbocycles. The third kappa shape index (κ3) is 2.48. The Hall–Kier alpha value is -1.03. The predicted molar refractivity (Wildman–Crippen MR) is 51.9 cm³/mol. The summed E-state index contributed by atoms with van der Waals surface area (Å²) in [6.07, 6.45) is 0. The number of hydrogen-bond donors (Lipinski definition) is 1. The summed E-state index contributed by atoms with van der Waals surface area (Å²) >= 11 is -0.0952. The molecule has 0 aromatic heterocycles. The summed E-state index contributed by atoms with van der Waals surface area (Å²) in [4.78, 5) is 0. The van der Waals surface area contributed by atoms with Crippen LogP contribution in [0.4, 0.5) is 0 Å². The molecule has 0 spiro atoms. The van der Waals surface area contributed by atoms with Crippen molar-refractivity contribution < 1.29 is 26.3 Å². The lowest BCUT2D eigenvalue weighted by molar-refractivity contribution is -0.597.